The molecule has 0 rings (SSSR count). The smallest absolute Gasteiger partial charge is 0.387 e. The molecule has 8 nitrogen and oxygen atoms in total. The van der Waals surface area contributed by atoms with Crippen molar-refractivity contribution >= 4 is 13.7 Å². The highest BCUT2D eigenvalue weighted by Crippen LogP contribution is 2.43. The Morgan fingerprint density at radius 2 is 0.782 bits per heavy atom. The summed E-state index contributed by atoms with van der Waals surface area (Å²) in [7, 11) is 1.49. The van der Waals surface area contributed by atoms with Crippen molar-refractivity contribution in [2.24, 2.45) is 0 Å². The maximum Gasteiger partial charge on any atom is 0.472 e. The topological polar surface area (TPSA) is 105 Å². The molecule has 3 unspecified atom stereocenters. The molecule has 0 saturated carbocycles. The molecule has 0 radical (unpaired) electrons. The number of nitrogens with one attached hydrogen (secondary N) is 1. The lowest BCUT2D eigenvalue weighted by molar-refractivity contribution is -0.870. The summed E-state index contributed by atoms with van der Waals surface area (Å²) in [4.78, 5) is 23.3. The van der Waals surface area contributed by atoms with Crippen molar-refractivity contribution in [3.63, 3.8) is 0 Å². The summed E-state index contributed by atoms with van der Waals surface area (Å²) < 4.78 is 23.6. The van der Waals surface area contributed by atoms with Gasteiger partial charge in [0, 0.05) is 6.42 Å². The SMILES string of the molecule is CC/C=C\C/C=C\C/C=C\C/C=C\C/C=C\C/C=C\C/C=C\C/C=C\C/C=C\C/C=C\C/C=C\C/C=C\CCCCC(=O)NC(COP(=O)(O)OCC[N+](C)(C)C)C(O)/C=C/CC/C=C/CC/C=C/CCCCCCCCC. The Hall–Kier alpha value is -4.40. The van der Waals surface area contributed by atoms with Gasteiger partial charge in [-0.25, -0.2) is 4.57 Å². The van der Waals surface area contributed by atoms with Gasteiger partial charge in [-0.1, -0.05) is 235 Å². The van der Waals surface area contributed by atoms with Gasteiger partial charge < -0.3 is 19.8 Å². The fourth-order valence-corrected chi connectivity index (χ4v) is 8.14. The van der Waals surface area contributed by atoms with E-state index in [0.717, 1.165) is 116 Å². The van der Waals surface area contributed by atoms with Crippen molar-refractivity contribution in [1.29, 1.82) is 0 Å². The first-order valence-corrected chi connectivity index (χ1v) is 31.7. The summed E-state index contributed by atoms with van der Waals surface area (Å²) in [5, 5.41) is 13.9. The molecule has 0 heterocycles. The van der Waals surface area contributed by atoms with Gasteiger partial charge in [0.25, 0.3) is 0 Å². The van der Waals surface area contributed by atoms with Crippen molar-refractivity contribution in [3.05, 3.63) is 182 Å². The van der Waals surface area contributed by atoms with E-state index in [1.54, 1.807) is 6.08 Å². The maximum absolute atomic E-state index is 13.0. The van der Waals surface area contributed by atoms with Crippen molar-refractivity contribution in [2.75, 3.05) is 40.9 Å². The number of unbranched alkanes of at least 4 members (excludes halogenated alkanes) is 11. The molecule has 0 aromatic rings. The van der Waals surface area contributed by atoms with Gasteiger partial charge in [0.1, 0.15) is 13.2 Å². The summed E-state index contributed by atoms with van der Waals surface area (Å²) in [6, 6.07) is -0.908. The Labute approximate surface area is 478 Å². The summed E-state index contributed by atoms with van der Waals surface area (Å²) in [6.07, 6.45) is 93.0. The molecule has 0 aliphatic rings. The third kappa shape index (κ3) is 59.3. The van der Waals surface area contributed by atoms with Gasteiger partial charge in [-0.2, -0.15) is 0 Å². The Morgan fingerprint density at radius 3 is 1.18 bits per heavy atom. The van der Waals surface area contributed by atoms with Crippen LogP contribution in [0, 0.1) is 0 Å². The van der Waals surface area contributed by atoms with Crippen LogP contribution in [0.3, 0.4) is 0 Å². The first kappa shape index (κ1) is 73.6. The standard InChI is InChI=1S/C69H111N2O6P/c1-6-8-10-12-14-16-18-20-22-24-25-26-27-28-29-30-31-32-33-34-35-36-37-38-39-40-41-42-43-44-45-47-49-51-53-55-57-59-61-63-69(73)70-67(66-77-78(74,75)76-65-64-71(3,4)5)68(72)62-60-58-56-54-52-50-48-46-23-21-19-17-15-13-11-9-7-2/h8,10,14,16,20,22-23,25-26,28-29,31-32,34-35,37-38,40-41,43-44,46-47,49,52-55,60,62,67-68,72H,6-7,9,11-13,15,17-19,21,24,27,30,33,36,39,42,45,48,50-51,56-59,61,63-66H2,1-5H3,(H-,70,73,74,75)/p+1/b10-8-,16-14-,22-20-,26-25-,29-28-,32-31-,35-34-,38-37-,41-40-,44-43-,46-23+,49-47-,54-52+,55-53-,62-60+. The lowest BCUT2D eigenvalue weighted by atomic mass is 10.1. The summed E-state index contributed by atoms with van der Waals surface area (Å²) >= 11 is 0. The monoisotopic (exact) mass is 1100 g/mol. The van der Waals surface area contributed by atoms with E-state index in [1.807, 2.05) is 27.2 Å². The van der Waals surface area contributed by atoms with Crippen molar-refractivity contribution < 1.29 is 32.9 Å². The lowest BCUT2D eigenvalue weighted by Gasteiger charge is -2.25. The normalized spacial score (nSPS) is 15.1. The second kappa shape index (κ2) is 57.3. The minimum absolute atomic E-state index is 0.0344. The molecule has 0 aliphatic carbocycles. The molecular weight excluding hydrogens is 984 g/mol. The lowest BCUT2D eigenvalue weighted by Crippen LogP contribution is -2.45. The van der Waals surface area contributed by atoms with Crippen LogP contribution in [0.1, 0.15) is 194 Å². The Kier molecular flexibility index (Phi) is 54.1. The van der Waals surface area contributed by atoms with E-state index >= 15 is 0 Å². The number of phosphoric ester groups is 1. The molecule has 9 heteroatoms. The van der Waals surface area contributed by atoms with Crippen LogP contribution in [0.15, 0.2) is 182 Å². The minimum Gasteiger partial charge on any atom is -0.387 e. The van der Waals surface area contributed by atoms with Crippen molar-refractivity contribution in [1.82, 2.24) is 5.32 Å². The van der Waals surface area contributed by atoms with Crippen molar-refractivity contribution in [2.45, 2.75) is 206 Å². The summed E-state index contributed by atoms with van der Waals surface area (Å²) in [6.45, 7) is 4.60. The maximum atomic E-state index is 13.0. The molecule has 1 amide bonds. The Bertz CT molecular complexity index is 1920. The number of carbonyl (C=O) groups excluding carboxylic acids is 1. The second-order valence-electron chi connectivity index (χ2n) is 20.6. The fraction of sp³-hybridized carbons (Fsp3) is 0.551. The number of likely N-dealkylation sites (N-methyl/N-ethyl adjacent to an activating group) is 1. The highest BCUT2D eigenvalue weighted by Gasteiger charge is 2.27. The molecule has 0 aliphatic heterocycles. The number of hydrogen-bond acceptors (Lipinski definition) is 5. The van der Waals surface area contributed by atoms with E-state index < -0.39 is 20.0 Å². The van der Waals surface area contributed by atoms with Crippen LogP contribution in [0.4, 0.5) is 0 Å². The van der Waals surface area contributed by atoms with Gasteiger partial charge in [-0.3, -0.25) is 13.8 Å². The number of carbonyl (C=O) groups is 1. The number of aliphatic hydroxyl groups is 1. The Morgan fingerprint density at radius 1 is 0.449 bits per heavy atom. The zero-order valence-electron chi connectivity index (χ0n) is 49.8. The van der Waals surface area contributed by atoms with Gasteiger partial charge >= 0.3 is 7.82 Å². The number of rotatable bonds is 52. The number of aliphatic hydroxyl groups excluding tert-OH is 1. The quantitative estimate of drug-likeness (QED) is 0.0243. The predicted molar refractivity (Wildman–Crippen MR) is 340 cm³/mol. The number of amides is 1. The number of allylic oxidation sites excluding steroid dienone is 29. The van der Waals surface area contributed by atoms with Crippen LogP contribution in [0.2, 0.25) is 0 Å². The van der Waals surface area contributed by atoms with Gasteiger partial charge in [0.05, 0.1) is 39.9 Å². The molecular formula is C69H112N2O6P+. The van der Waals surface area contributed by atoms with Crippen LogP contribution in [0.25, 0.3) is 0 Å². The zero-order chi connectivity index (χ0) is 57.0. The van der Waals surface area contributed by atoms with E-state index in [2.05, 4.69) is 189 Å². The number of hydrogen-bond donors (Lipinski definition) is 3. The van der Waals surface area contributed by atoms with Gasteiger partial charge in [0.2, 0.25) is 5.91 Å². The summed E-state index contributed by atoms with van der Waals surface area (Å²) in [5.74, 6) is -0.242. The van der Waals surface area contributed by atoms with Crippen molar-refractivity contribution in [3.8, 4) is 0 Å². The molecule has 3 atom stereocenters. The first-order chi connectivity index (χ1) is 38.0. The van der Waals surface area contributed by atoms with Crippen LogP contribution in [-0.2, 0) is 18.4 Å². The molecule has 3 N–H and O–H groups in total. The molecule has 438 valence electrons. The van der Waals surface area contributed by atoms with Crippen LogP contribution < -0.4 is 5.32 Å². The molecule has 78 heavy (non-hydrogen) atoms. The van der Waals surface area contributed by atoms with Crippen LogP contribution in [-0.4, -0.2) is 73.4 Å². The number of quaternary nitrogens is 1. The fourth-order valence-electron chi connectivity index (χ4n) is 7.41. The first-order valence-electron chi connectivity index (χ1n) is 30.2. The third-order valence-electron chi connectivity index (χ3n) is 12.1. The zero-order valence-corrected chi connectivity index (χ0v) is 50.7. The average Bonchev–Trinajstić information content (AvgIpc) is 3.40. The molecule has 0 fully saturated rings. The number of nitrogens with zero attached hydrogens (tertiary/aromatic N) is 1. The average molecular weight is 1100 g/mol. The van der Waals surface area contributed by atoms with E-state index in [-0.39, 0.29) is 25.5 Å². The van der Waals surface area contributed by atoms with E-state index in [9.17, 15) is 19.4 Å². The minimum atomic E-state index is -4.39. The highest BCUT2D eigenvalue weighted by molar-refractivity contribution is 7.47. The molecule has 0 saturated heterocycles. The molecule has 0 spiro atoms. The van der Waals surface area contributed by atoms with E-state index in [4.69, 9.17) is 9.05 Å². The number of phosphoric acid groups is 1. The molecule has 0 bridgehead atoms. The third-order valence-corrected chi connectivity index (χ3v) is 13.1. The summed E-state index contributed by atoms with van der Waals surface area (Å²) in [5.41, 5.74) is 0. The molecule has 0 aromatic carbocycles. The van der Waals surface area contributed by atoms with Gasteiger partial charge in [-0.05, 0) is 135 Å². The van der Waals surface area contributed by atoms with Crippen LogP contribution in [0.5, 0.6) is 0 Å². The highest BCUT2D eigenvalue weighted by atomic mass is 31.2. The van der Waals surface area contributed by atoms with Crippen LogP contribution >= 0.6 is 7.82 Å². The molecule has 0 aromatic heterocycles. The largest absolute Gasteiger partial charge is 0.472 e. The van der Waals surface area contributed by atoms with Gasteiger partial charge in [-0.15, -0.1) is 0 Å². The van der Waals surface area contributed by atoms with Gasteiger partial charge in [0.15, 0.2) is 0 Å². The van der Waals surface area contributed by atoms with E-state index in [0.29, 0.717) is 17.4 Å². The predicted octanol–water partition coefficient (Wildman–Crippen LogP) is 19.0. The Balaban J connectivity index is 4.33. The second-order valence-corrected chi connectivity index (χ2v) is 22.1. The van der Waals surface area contributed by atoms with E-state index in [1.165, 1.54) is 51.4 Å².